The Morgan fingerprint density at radius 1 is 1.18 bits per heavy atom. The van der Waals surface area contributed by atoms with E-state index in [1.54, 1.807) is 0 Å². The lowest BCUT2D eigenvalue weighted by Crippen LogP contribution is -2.56. The maximum absolute atomic E-state index is 12.3. The van der Waals surface area contributed by atoms with Crippen LogP contribution in [0.15, 0.2) is 0 Å². The molecule has 2 atom stereocenters. The maximum atomic E-state index is 12.3. The van der Waals surface area contributed by atoms with Crippen molar-refractivity contribution in [3.05, 3.63) is 0 Å². The van der Waals surface area contributed by atoms with Crippen LogP contribution in [0.1, 0.15) is 27.2 Å². The first-order chi connectivity index (χ1) is 10.3. The molecule has 0 aromatic carbocycles. The van der Waals surface area contributed by atoms with Crippen molar-refractivity contribution in [2.45, 2.75) is 38.8 Å². The molecule has 2 saturated heterocycles. The Morgan fingerprint density at radius 3 is 2.36 bits per heavy atom. The molecular weight excluding hydrogens is 288 g/mol. The average molecular weight is 314 g/mol. The minimum absolute atomic E-state index is 0.0475. The SMILES string of the molecule is CC(C)(C)OC(=O)N1C[C@H](C(=O)O)C[C@@H](N2CCOCC2)C1. The molecular formula is C15H26N2O5. The van der Waals surface area contributed by atoms with E-state index in [9.17, 15) is 14.7 Å². The molecule has 2 fully saturated rings. The highest BCUT2D eigenvalue weighted by Gasteiger charge is 2.38. The van der Waals surface area contributed by atoms with Gasteiger partial charge in [-0.2, -0.15) is 0 Å². The van der Waals surface area contributed by atoms with Gasteiger partial charge < -0.3 is 19.5 Å². The van der Waals surface area contributed by atoms with E-state index in [2.05, 4.69) is 4.90 Å². The van der Waals surface area contributed by atoms with Crippen LogP contribution < -0.4 is 0 Å². The van der Waals surface area contributed by atoms with Gasteiger partial charge in [0.1, 0.15) is 5.60 Å². The first-order valence-corrected chi connectivity index (χ1v) is 7.79. The number of nitrogens with zero attached hydrogens (tertiary/aromatic N) is 2. The Morgan fingerprint density at radius 2 is 1.82 bits per heavy atom. The number of likely N-dealkylation sites (tertiary alicyclic amines) is 1. The molecule has 0 unspecified atom stereocenters. The lowest BCUT2D eigenvalue weighted by Gasteiger charge is -2.42. The number of aliphatic carboxylic acids is 1. The second kappa shape index (κ2) is 6.83. The number of carbonyl (C=O) groups excluding carboxylic acids is 1. The molecule has 22 heavy (non-hydrogen) atoms. The highest BCUT2D eigenvalue weighted by molar-refractivity contribution is 5.73. The van der Waals surface area contributed by atoms with Crippen molar-refractivity contribution in [3.8, 4) is 0 Å². The first-order valence-electron chi connectivity index (χ1n) is 7.79. The van der Waals surface area contributed by atoms with E-state index < -0.39 is 23.6 Å². The number of carboxylic acid groups (broad SMARTS) is 1. The number of rotatable bonds is 2. The first kappa shape index (κ1) is 17.0. The molecule has 2 aliphatic heterocycles. The largest absolute Gasteiger partial charge is 0.481 e. The van der Waals surface area contributed by atoms with Crippen molar-refractivity contribution >= 4 is 12.1 Å². The van der Waals surface area contributed by atoms with Crippen LogP contribution in [0.25, 0.3) is 0 Å². The summed E-state index contributed by atoms with van der Waals surface area (Å²) in [7, 11) is 0. The normalized spacial score (nSPS) is 27.5. The van der Waals surface area contributed by atoms with Crippen molar-refractivity contribution in [2.75, 3.05) is 39.4 Å². The predicted octanol–water partition coefficient (Wildman–Crippen LogP) is 1.03. The van der Waals surface area contributed by atoms with E-state index in [1.165, 1.54) is 4.90 Å². The fraction of sp³-hybridized carbons (Fsp3) is 0.867. The van der Waals surface area contributed by atoms with Gasteiger partial charge in [-0.25, -0.2) is 4.79 Å². The fourth-order valence-corrected chi connectivity index (χ4v) is 2.93. The van der Waals surface area contributed by atoms with Gasteiger partial charge in [0.25, 0.3) is 0 Å². The maximum Gasteiger partial charge on any atom is 0.410 e. The standard InChI is InChI=1S/C15H26N2O5/c1-15(2,3)22-14(20)17-9-11(13(18)19)8-12(10-17)16-4-6-21-7-5-16/h11-12H,4-10H2,1-3H3,(H,18,19)/t11-,12-/m1/s1. The van der Waals surface area contributed by atoms with E-state index in [1.807, 2.05) is 20.8 Å². The predicted molar refractivity (Wildman–Crippen MR) is 79.7 cm³/mol. The zero-order valence-corrected chi connectivity index (χ0v) is 13.6. The van der Waals surface area contributed by atoms with Crippen LogP contribution in [-0.2, 0) is 14.3 Å². The summed E-state index contributed by atoms with van der Waals surface area (Å²) in [5, 5.41) is 9.36. The highest BCUT2D eigenvalue weighted by Crippen LogP contribution is 2.24. The molecule has 0 radical (unpaired) electrons. The molecule has 7 nitrogen and oxygen atoms in total. The Bertz CT molecular complexity index is 415. The molecule has 1 N–H and O–H groups in total. The summed E-state index contributed by atoms with van der Waals surface area (Å²) in [4.78, 5) is 27.4. The molecule has 2 rings (SSSR count). The number of carbonyl (C=O) groups is 2. The highest BCUT2D eigenvalue weighted by atomic mass is 16.6. The van der Waals surface area contributed by atoms with E-state index in [4.69, 9.17) is 9.47 Å². The summed E-state index contributed by atoms with van der Waals surface area (Å²) in [5.41, 5.74) is -0.582. The Kier molecular flexibility index (Phi) is 5.28. The van der Waals surface area contributed by atoms with Crippen LogP contribution in [0.2, 0.25) is 0 Å². The molecule has 0 aliphatic carbocycles. The molecule has 0 saturated carbocycles. The summed E-state index contributed by atoms with van der Waals surface area (Å²) < 4.78 is 10.7. The van der Waals surface area contributed by atoms with Crippen LogP contribution in [-0.4, -0.2) is 78.0 Å². The zero-order valence-electron chi connectivity index (χ0n) is 13.6. The molecule has 1 amide bonds. The van der Waals surface area contributed by atoms with Gasteiger partial charge >= 0.3 is 12.1 Å². The monoisotopic (exact) mass is 314 g/mol. The van der Waals surface area contributed by atoms with Gasteiger partial charge in [0.05, 0.1) is 19.1 Å². The van der Waals surface area contributed by atoms with Crippen molar-refractivity contribution in [1.82, 2.24) is 9.80 Å². The van der Waals surface area contributed by atoms with Gasteiger partial charge in [0, 0.05) is 32.2 Å². The molecule has 0 spiro atoms. The minimum Gasteiger partial charge on any atom is -0.481 e. The Hall–Kier alpha value is -1.34. The van der Waals surface area contributed by atoms with Crippen molar-refractivity contribution in [1.29, 1.82) is 0 Å². The second-order valence-electron chi connectivity index (χ2n) is 6.96. The number of amides is 1. The molecule has 0 aromatic rings. The zero-order chi connectivity index (χ0) is 16.3. The fourth-order valence-electron chi connectivity index (χ4n) is 2.93. The molecule has 0 bridgehead atoms. The van der Waals surface area contributed by atoms with Gasteiger partial charge in [-0.3, -0.25) is 9.69 Å². The molecule has 7 heteroatoms. The summed E-state index contributed by atoms with van der Waals surface area (Å²) in [5.74, 6) is -1.40. The Balaban J connectivity index is 2.05. The summed E-state index contributed by atoms with van der Waals surface area (Å²) in [6.07, 6.45) is 0.131. The number of carboxylic acids is 1. The summed E-state index contributed by atoms with van der Waals surface area (Å²) >= 11 is 0. The van der Waals surface area contributed by atoms with Crippen molar-refractivity contribution in [2.24, 2.45) is 5.92 Å². The van der Waals surface area contributed by atoms with Crippen LogP contribution in [0.3, 0.4) is 0 Å². The number of ether oxygens (including phenoxy) is 2. The van der Waals surface area contributed by atoms with Crippen LogP contribution in [0.5, 0.6) is 0 Å². The third kappa shape index (κ3) is 4.58. The third-order valence-corrected chi connectivity index (χ3v) is 3.99. The van der Waals surface area contributed by atoms with E-state index in [0.717, 1.165) is 13.1 Å². The number of piperidine rings is 1. The third-order valence-electron chi connectivity index (χ3n) is 3.99. The number of hydrogen-bond acceptors (Lipinski definition) is 5. The van der Waals surface area contributed by atoms with E-state index in [-0.39, 0.29) is 12.6 Å². The van der Waals surface area contributed by atoms with Crippen molar-refractivity contribution < 1.29 is 24.2 Å². The van der Waals surface area contributed by atoms with E-state index >= 15 is 0 Å². The van der Waals surface area contributed by atoms with Gasteiger partial charge in [-0.1, -0.05) is 0 Å². The van der Waals surface area contributed by atoms with Crippen LogP contribution in [0.4, 0.5) is 4.79 Å². The Labute approximate surface area is 131 Å². The summed E-state index contributed by atoms with van der Waals surface area (Å²) in [6, 6.07) is 0.0475. The molecule has 0 aromatic heterocycles. The number of morpholine rings is 1. The molecule has 2 aliphatic rings. The van der Waals surface area contributed by atoms with Gasteiger partial charge in [-0.15, -0.1) is 0 Å². The van der Waals surface area contributed by atoms with Gasteiger partial charge in [0.2, 0.25) is 0 Å². The molecule has 126 valence electrons. The quantitative estimate of drug-likeness (QED) is 0.820. The topological polar surface area (TPSA) is 79.3 Å². The van der Waals surface area contributed by atoms with Crippen LogP contribution >= 0.6 is 0 Å². The lowest BCUT2D eigenvalue weighted by atomic mass is 9.93. The van der Waals surface area contributed by atoms with Gasteiger partial charge in [-0.05, 0) is 27.2 Å². The van der Waals surface area contributed by atoms with E-state index in [0.29, 0.717) is 26.2 Å². The number of hydrogen-bond donors (Lipinski definition) is 1. The smallest absolute Gasteiger partial charge is 0.410 e. The summed E-state index contributed by atoms with van der Waals surface area (Å²) in [6.45, 7) is 9.01. The van der Waals surface area contributed by atoms with Crippen LogP contribution in [0, 0.1) is 5.92 Å². The molecule has 2 heterocycles. The minimum atomic E-state index is -0.855. The lowest BCUT2D eigenvalue weighted by molar-refractivity contribution is -0.144. The second-order valence-corrected chi connectivity index (χ2v) is 6.96. The van der Waals surface area contributed by atoms with Gasteiger partial charge in [0.15, 0.2) is 0 Å². The van der Waals surface area contributed by atoms with Crippen molar-refractivity contribution in [3.63, 3.8) is 0 Å². The average Bonchev–Trinajstić information content (AvgIpc) is 2.46.